The number of primary amides is 1. The van der Waals surface area contributed by atoms with E-state index in [0.29, 0.717) is 44.9 Å². The molecule has 4 aliphatic carbocycles. The number of carbonyl (C=O) groups is 4. The molecule has 4 amide bonds. The van der Waals surface area contributed by atoms with Gasteiger partial charge in [-0.1, -0.05) is 79.4 Å². The van der Waals surface area contributed by atoms with Gasteiger partial charge in [0.05, 0.1) is 0 Å². The average Bonchev–Trinajstić information content (AvgIpc) is 3.75. The maximum atomic E-state index is 15.1. The molecule has 4 saturated carbocycles. The normalized spacial score (nSPS) is 33.3. The van der Waals surface area contributed by atoms with Crippen LogP contribution in [0.1, 0.15) is 138 Å². The summed E-state index contributed by atoms with van der Waals surface area (Å²) in [5.41, 5.74) is 4.78. The summed E-state index contributed by atoms with van der Waals surface area (Å²) >= 11 is 0. The second kappa shape index (κ2) is 17.7. The van der Waals surface area contributed by atoms with E-state index in [0.717, 1.165) is 76.5 Å². The summed E-state index contributed by atoms with van der Waals surface area (Å²) in [5, 5.41) is 9.94. The fraction of sp³-hybridized carbons (Fsp3) is 0.826. The molecule has 0 aromatic rings. The SMILES string of the molecule is C=C[C@@H]1C[C@]1(NC(=O)C1CC2(CN1C(=O)[C@@H](NC(=O)C(NC(=C)[C@@H]1CCCCN1C(C)C)C1CCCCC1)C(C)(C)C)C(C)(C)C21CCC1)C(N)=O.O=PN1CCC(F)C1. The van der Waals surface area contributed by atoms with E-state index in [1.165, 1.54) is 6.42 Å². The molecule has 14 heteroatoms. The Balaban J connectivity index is 0.000000676. The van der Waals surface area contributed by atoms with E-state index in [1.54, 1.807) is 15.6 Å². The number of halogens is 1. The summed E-state index contributed by atoms with van der Waals surface area (Å²) in [6.07, 6.45) is 14.3. The van der Waals surface area contributed by atoms with Crippen LogP contribution in [0.4, 0.5) is 4.39 Å². The summed E-state index contributed by atoms with van der Waals surface area (Å²) in [6, 6.07) is -1.61. The van der Waals surface area contributed by atoms with E-state index in [9.17, 15) is 23.3 Å². The van der Waals surface area contributed by atoms with Crippen LogP contribution in [0.2, 0.25) is 0 Å². The van der Waals surface area contributed by atoms with Crippen molar-refractivity contribution in [2.75, 3.05) is 26.2 Å². The summed E-state index contributed by atoms with van der Waals surface area (Å²) in [6.45, 7) is 25.8. The van der Waals surface area contributed by atoms with E-state index in [-0.39, 0.29) is 60.5 Å². The van der Waals surface area contributed by atoms with Crippen LogP contribution in [0.25, 0.3) is 0 Å². The van der Waals surface area contributed by atoms with Crippen LogP contribution >= 0.6 is 8.61 Å². The van der Waals surface area contributed by atoms with Gasteiger partial charge in [-0.15, -0.1) is 6.58 Å². The Bertz CT molecular complexity index is 1680. The topological polar surface area (TPSA) is 157 Å². The number of piperidine rings is 1. The van der Waals surface area contributed by atoms with Crippen molar-refractivity contribution in [2.24, 2.45) is 39.2 Å². The lowest BCUT2D eigenvalue weighted by molar-refractivity contribution is -0.145. The molecule has 3 saturated heterocycles. The molecular formula is C46H75FN7O5P. The number of amides is 4. The van der Waals surface area contributed by atoms with Crippen LogP contribution in [0.15, 0.2) is 24.9 Å². The first-order valence-corrected chi connectivity index (χ1v) is 23.8. The van der Waals surface area contributed by atoms with E-state index >= 15 is 4.79 Å². The van der Waals surface area contributed by atoms with Gasteiger partial charge in [-0.3, -0.25) is 28.6 Å². The summed E-state index contributed by atoms with van der Waals surface area (Å²) in [5.74, 6) is -1.43. The Labute approximate surface area is 360 Å². The zero-order chi connectivity index (χ0) is 44.0. The monoisotopic (exact) mass is 856 g/mol. The molecule has 7 rings (SSSR count). The molecule has 0 bridgehead atoms. The number of nitrogens with zero attached hydrogens (tertiary/aromatic N) is 3. The standard InChI is InChI=1S/C42H68N6O4.C4H7FNOP/c1-10-29-23-42(29,37(43)52)46-34(49)31-24-41(39(8,9)40(41)20-16-21-40)25-48(31)36(51)33(38(5,6)7)45-35(50)32(28-17-12-11-13-18-28)44-27(4)30-19-14-15-22-47(30)26(2)3;5-4-1-2-6(3-4)8-7/h10,26,28-33,44H,1,4,11-25H2,2-3,5-9H3,(H2,43,52)(H,45,50)(H,46,49);4H,1-3H2/t29-,30+,31?,32?,33-,41?,42-;/m1./s1. The van der Waals surface area contributed by atoms with Gasteiger partial charge in [0, 0.05) is 48.7 Å². The van der Waals surface area contributed by atoms with Crippen molar-refractivity contribution < 1.29 is 28.1 Å². The second-order valence-corrected chi connectivity index (χ2v) is 22.0. The van der Waals surface area contributed by atoms with E-state index < -0.39 is 41.2 Å². The first kappa shape index (κ1) is 46.6. The van der Waals surface area contributed by atoms with Crippen molar-refractivity contribution in [1.29, 1.82) is 0 Å². The molecular weight excluding hydrogens is 781 g/mol. The molecule has 0 aromatic carbocycles. The first-order chi connectivity index (χ1) is 28.2. The number of nitrogens with two attached hydrogens (primary N) is 1. The largest absolute Gasteiger partial charge is 0.376 e. The molecule has 7 fully saturated rings. The van der Waals surface area contributed by atoms with E-state index in [2.05, 4.69) is 61.7 Å². The number of likely N-dealkylation sites (tertiary alicyclic amines) is 2. The van der Waals surface area contributed by atoms with Crippen molar-refractivity contribution in [2.45, 2.75) is 180 Å². The third-order valence-corrected chi connectivity index (χ3v) is 17.1. The number of hydrogen-bond donors (Lipinski definition) is 4. The van der Waals surface area contributed by atoms with Crippen LogP contribution in [0.5, 0.6) is 0 Å². The predicted octanol–water partition coefficient (Wildman–Crippen LogP) is 6.41. The van der Waals surface area contributed by atoms with Gasteiger partial charge in [-0.25, -0.2) is 9.06 Å². The highest BCUT2D eigenvalue weighted by atomic mass is 31.1. The number of fused-ring (bicyclic) bond motifs is 1. The van der Waals surface area contributed by atoms with Crippen LogP contribution < -0.4 is 21.7 Å². The molecule has 12 nitrogen and oxygen atoms in total. The Morgan fingerprint density at radius 2 is 1.57 bits per heavy atom. The summed E-state index contributed by atoms with van der Waals surface area (Å²) in [4.78, 5) is 60.9. The minimum atomic E-state index is -1.17. The van der Waals surface area contributed by atoms with Gasteiger partial charge in [-0.2, -0.15) is 0 Å². The summed E-state index contributed by atoms with van der Waals surface area (Å²) in [7, 11) is -0.0399. The Kier molecular flexibility index (Phi) is 13.8. The maximum absolute atomic E-state index is 15.1. The van der Waals surface area contributed by atoms with Crippen molar-refractivity contribution in [3.05, 3.63) is 24.9 Å². The van der Waals surface area contributed by atoms with Crippen LogP contribution in [0, 0.1) is 33.5 Å². The van der Waals surface area contributed by atoms with Crippen LogP contribution in [0.3, 0.4) is 0 Å². The predicted molar refractivity (Wildman–Crippen MR) is 233 cm³/mol. The minimum Gasteiger partial charge on any atom is -0.376 e. The zero-order valence-electron chi connectivity index (χ0n) is 37.6. The summed E-state index contributed by atoms with van der Waals surface area (Å²) < 4.78 is 23.7. The highest BCUT2D eigenvalue weighted by Crippen LogP contribution is 2.88. The molecule has 2 spiro atoms. The molecule has 4 unspecified atom stereocenters. The van der Waals surface area contributed by atoms with Gasteiger partial charge in [0.25, 0.3) is 0 Å². The molecule has 0 radical (unpaired) electrons. The van der Waals surface area contributed by atoms with Gasteiger partial charge in [0.1, 0.15) is 29.8 Å². The van der Waals surface area contributed by atoms with Gasteiger partial charge < -0.3 is 26.6 Å². The zero-order valence-corrected chi connectivity index (χ0v) is 38.5. The molecule has 0 aromatic heterocycles. The number of alkyl halides is 1. The smallest absolute Gasteiger partial charge is 0.249 e. The van der Waals surface area contributed by atoms with Crippen LogP contribution in [-0.4, -0.2) is 106 Å². The molecule has 7 aliphatic rings. The van der Waals surface area contributed by atoms with Crippen molar-refractivity contribution >= 4 is 32.2 Å². The maximum Gasteiger partial charge on any atom is 0.249 e. The third-order valence-electron chi connectivity index (χ3n) is 16.5. The van der Waals surface area contributed by atoms with Gasteiger partial charge in [0.2, 0.25) is 32.2 Å². The Hall–Kier alpha value is -2.89. The molecule has 336 valence electrons. The van der Waals surface area contributed by atoms with Crippen molar-refractivity contribution in [1.82, 2.24) is 30.4 Å². The minimum absolute atomic E-state index is 0.0315. The number of nitrogens with one attached hydrogen (secondary N) is 3. The van der Waals surface area contributed by atoms with Crippen molar-refractivity contribution in [3.8, 4) is 0 Å². The first-order valence-electron chi connectivity index (χ1n) is 23.0. The lowest BCUT2D eigenvalue weighted by atomic mass is 9.73. The lowest BCUT2D eigenvalue weighted by Gasteiger charge is -2.42. The number of hydrogen-bond acceptors (Lipinski definition) is 7. The Morgan fingerprint density at radius 3 is 2.05 bits per heavy atom. The van der Waals surface area contributed by atoms with Gasteiger partial charge >= 0.3 is 0 Å². The fourth-order valence-electron chi connectivity index (χ4n) is 12.4. The molecule has 3 heterocycles. The quantitative estimate of drug-likeness (QED) is 0.122. The molecule has 8 atom stereocenters. The van der Waals surface area contributed by atoms with Crippen LogP contribution in [-0.2, 0) is 23.7 Å². The number of rotatable bonds is 13. The van der Waals surface area contributed by atoms with E-state index in [1.807, 2.05) is 20.8 Å². The highest BCUT2D eigenvalue weighted by Gasteiger charge is 2.85. The van der Waals surface area contributed by atoms with Gasteiger partial charge in [-0.05, 0) is 100 Å². The highest BCUT2D eigenvalue weighted by molar-refractivity contribution is 7.20. The molecule has 5 N–H and O–H groups in total. The number of carbonyl (C=O) groups excluding carboxylic acids is 4. The van der Waals surface area contributed by atoms with Crippen molar-refractivity contribution in [3.63, 3.8) is 0 Å². The van der Waals surface area contributed by atoms with Gasteiger partial charge in [0.15, 0.2) is 0 Å². The molecule has 3 aliphatic heterocycles. The Morgan fingerprint density at radius 1 is 0.900 bits per heavy atom. The van der Waals surface area contributed by atoms with E-state index in [4.69, 9.17) is 5.73 Å². The molecule has 60 heavy (non-hydrogen) atoms. The second-order valence-electron chi connectivity index (χ2n) is 21.3. The fourth-order valence-corrected chi connectivity index (χ4v) is 12.8. The lowest BCUT2D eigenvalue weighted by Crippen LogP contribution is -2.62. The third kappa shape index (κ3) is 8.46. The average molecular weight is 856 g/mol.